The molecule has 1 heteroatoms. The molecule has 0 saturated carbocycles. The monoisotopic (exact) mass is 282 g/mol. The van der Waals surface area contributed by atoms with E-state index in [1.165, 1.54) is 40.8 Å². The lowest BCUT2D eigenvalue weighted by Gasteiger charge is -2.15. The number of rotatable bonds is 5. The number of hydrogen-bond acceptors (Lipinski definition) is 0. The van der Waals surface area contributed by atoms with Crippen molar-refractivity contribution in [2.45, 2.75) is 52.9 Å². The van der Waals surface area contributed by atoms with Gasteiger partial charge in [0.15, 0.2) is 6.20 Å². The van der Waals surface area contributed by atoms with Gasteiger partial charge in [-0.25, -0.2) is 4.57 Å². The van der Waals surface area contributed by atoms with Crippen LogP contribution in [0.1, 0.15) is 56.2 Å². The Balaban J connectivity index is 2.41. The van der Waals surface area contributed by atoms with Crippen molar-refractivity contribution < 1.29 is 4.57 Å². The van der Waals surface area contributed by atoms with Crippen molar-refractivity contribution in [1.29, 1.82) is 0 Å². The van der Waals surface area contributed by atoms with Crippen LogP contribution in [0, 0.1) is 6.92 Å². The van der Waals surface area contributed by atoms with Crippen LogP contribution in [0.5, 0.6) is 0 Å². The van der Waals surface area contributed by atoms with E-state index < -0.39 is 0 Å². The van der Waals surface area contributed by atoms with Gasteiger partial charge in [0, 0.05) is 17.2 Å². The molecule has 0 fully saturated rings. The quantitative estimate of drug-likeness (QED) is 0.683. The summed E-state index contributed by atoms with van der Waals surface area (Å²) < 4.78 is 2.25. The van der Waals surface area contributed by atoms with E-state index in [2.05, 4.69) is 75.8 Å². The van der Waals surface area contributed by atoms with Crippen molar-refractivity contribution in [2.75, 3.05) is 0 Å². The third kappa shape index (κ3) is 3.34. The van der Waals surface area contributed by atoms with Crippen molar-refractivity contribution in [2.24, 2.45) is 7.05 Å². The Kier molecular flexibility index (Phi) is 5.17. The smallest absolute Gasteiger partial charge is 0.201 e. The van der Waals surface area contributed by atoms with Gasteiger partial charge in [-0.1, -0.05) is 32.9 Å². The Bertz CT molecular complexity index is 609. The molecule has 2 aromatic rings. The largest absolute Gasteiger partial charge is 0.212 e. The third-order valence-corrected chi connectivity index (χ3v) is 4.59. The lowest BCUT2D eigenvalue weighted by Crippen LogP contribution is -2.31. The number of nitrogens with zero attached hydrogens (tertiary/aromatic N) is 1. The van der Waals surface area contributed by atoms with Crippen LogP contribution in [0.25, 0.3) is 11.3 Å². The Labute approximate surface area is 129 Å². The predicted molar refractivity (Wildman–Crippen MR) is 90.5 cm³/mol. The van der Waals surface area contributed by atoms with Gasteiger partial charge in [-0.15, -0.1) is 0 Å². The second-order valence-electron chi connectivity index (χ2n) is 5.97. The van der Waals surface area contributed by atoms with Crippen LogP contribution in [0.15, 0.2) is 36.5 Å². The zero-order valence-corrected chi connectivity index (χ0v) is 14.1. The summed E-state index contributed by atoms with van der Waals surface area (Å²) in [7, 11) is 2.14. The fraction of sp³-hybridized carbons (Fsp3) is 0.450. The van der Waals surface area contributed by atoms with Crippen molar-refractivity contribution in [1.82, 2.24) is 0 Å². The Morgan fingerprint density at radius 3 is 2.24 bits per heavy atom. The molecule has 0 radical (unpaired) electrons. The first kappa shape index (κ1) is 15.8. The Morgan fingerprint density at radius 1 is 1.00 bits per heavy atom. The molecule has 0 amide bonds. The van der Waals surface area contributed by atoms with E-state index in [0.717, 1.165) is 6.42 Å². The van der Waals surface area contributed by atoms with Gasteiger partial charge in [0.05, 0.1) is 0 Å². The molecule has 0 atom stereocenters. The highest BCUT2D eigenvalue weighted by atomic mass is 14.9. The van der Waals surface area contributed by atoms with Gasteiger partial charge in [-0.05, 0) is 55.4 Å². The van der Waals surface area contributed by atoms with Crippen LogP contribution in [0.2, 0.25) is 0 Å². The summed E-state index contributed by atoms with van der Waals surface area (Å²) in [5.74, 6) is 0.689. The van der Waals surface area contributed by atoms with Crippen LogP contribution in [-0.4, -0.2) is 0 Å². The average molecular weight is 282 g/mol. The predicted octanol–water partition coefficient (Wildman–Crippen LogP) is 4.95. The summed E-state index contributed by atoms with van der Waals surface area (Å²) in [5.41, 5.74) is 6.87. The summed E-state index contributed by atoms with van der Waals surface area (Å²) in [4.78, 5) is 0. The molecule has 0 bridgehead atoms. The van der Waals surface area contributed by atoms with Gasteiger partial charge in [0.2, 0.25) is 5.69 Å². The summed E-state index contributed by atoms with van der Waals surface area (Å²) in [6, 6.07) is 11.5. The lowest BCUT2D eigenvalue weighted by atomic mass is 9.90. The Hall–Kier alpha value is -1.63. The molecule has 0 saturated heterocycles. The minimum atomic E-state index is 0.689. The maximum atomic E-state index is 2.38. The van der Waals surface area contributed by atoms with Crippen LogP contribution in [0.4, 0.5) is 0 Å². The van der Waals surface area contributed by atoms with Crippen LogP contribution in [-0.2, 0) is 13.5 Å². The van der Waals surface area contributed by atoms with Gasteiger partial charge in [-0.2, -0.15) is 0 Å². The van der Waals surface area contributed by atoms with Gasteiger partial charge in [0.25, 0.3) is 0 Å². The minimum absolute atomic E-state index is 0.689. The highest BCUT2D eigenvalue weighted by Gasteiger charge is 2.15. The molecule has 112 valence electrons. The molecular formula is C20H28N+. The Morgan fingerprint density at radius 2 is 1.71 bits per heavy atom. The number of aromatic nitrogens is 1. The number of pyridine rings is 1. The minimum Gasteiger partial charge on any atom is -0.201 e. The van der Waals surface area contributed by atoms with Crippen molar-refractivity contribution in [3.63, 3.8) is 0 Å². The molecule has 0 unspecified atom stereocenters. The lowest BCUT2D eigenvalue weighted by molar-refractivity contribution is -0.660. The molecular weight excluding hydrogens is 254 g/mol. The molecule has 1 aromatic heterocycles. The van der Waals surface area contributed by atoms with Gasteiger partial charge in [0.1, 0.15) is 7.05 Å². The third-order valence-electron chi connectivity index (χ3n) is 4.59. The normalized spacial score (nSPS) is 11.1. The second kappa shape index (κ2) is 6.89. The van der Waals surface area contributed by atoms with E-state index >= 15 is 0 Å². The zero-order valence-electron chi connectivity index (χ0n) is 14.1. The van der Waals surface area contributed by atoms with Gasteiger partial charge in [-0.3, -0.25) is 0 Å². The maximum absolute atomic E-state index is 2.38. The van der Waals surface area contributed by atoms with Crippen LogP contribution >= 0.6 is 0 Å². The summed E-state index contributed by atoms with van der Waals surface area (Å²) in [6.45, 7) is 8.99. The first-order valence-electron chi connectivity index (χ1n) is 8.20. The summed E-state index contributed by atoms with van der Waals surface area (Å²) in [6.07, 6.45) is 5.76. The molecule has 1 nitrogen and oxygen atoms in total. The fourth-order valence-electron chi connectivity index (χ4n) is 3.14. The van der Waals surface area contributed by atoms with Crippen molar-refractivity contribution >= 4 is 0 Å². The highest BCUT2D eigenvalue weighted by Crippen LogP contribution is 2.28. The SMILES string of the molecule is CCc1ccc(-c2ccc(C(CC)CC)cc2C)[n+](C)c1. The molecule has 0 N–H and O–H groups in total. The highest BCUT2D eigenvalue weighted by molar-refractivity contribution is 5.61. The van der Waals surface area contributed by atoms with E-state index in [-0.39, 0.29) is 0 Å². The van der Waals surface area contributed by atoms with Crippen LogP contribution in [0.3, 0.4) is 0 Å². The van der Waals surface area contributed by atoms with E-state index in [1.54, 1.807) is 0 Å². The summed E-state index contributed by atoms with van der Waals surface area (Å²) in [5, 5.41) is 0. The zero-order chi connectivity index (χ0) is 15.4. The van der Waals surface area contributed by atoms with Crippen LogP contribution < -0.4 is 4.57 Å². The number of aryl methyl sites for hydroxylation is 3. The molecule has 2 rings (SSSR count). The molecule has 0 aliphatic heterocycles. The molecule has 21 heavy (non-hydrogen) atoms. The topological polar surface area (TPSA) is 3.88 Å². The number of benzene rings is 1. The van der Waals surface area contributed by atoms with Gasteiger partial charge < -0.3 is 0 Å². The van der Waals surface area contributed by atoms with Crippen molar-refractivity contribution in [3.8, 4) is 11.3 Å². The first-order chi connectivity index (χ1) is 10.1. The molecule has 1 heterocycles. The molecule has 0 aliphatic rings. The molecule has 1 aromatic carbocycles. The first-order valence-corrected chi connectivity index (χ1v) is 8.20. The molecule has 0 aliphatic carbocycles. The fourth-order valence-corrected chi connectivity index (χ4v) is 3.14. The summed E-state index contributed by atoms with van der Waals surface area (Å²) >= 11 is 0. The van der Waals surface area contributed by atoms with Crippen molar-refractivity contribution in [3.05, 3.63) is 53.2 Å². The standard InChI is InChI=1S/C20H28N/c1-6-16-9-12-20(21(5)14-16)19-11-10-18(13-15(19)4)17(7-2)8-3/h9-14,17H,6-8H2,1-5H3/q+1. The second-order valence-corrected chi connectivity index (χ2v) is 5.97. The van der Waals surface area contributed by atoms with E-state index in [0.29, 0.717) is 5.92 Å². The van der Waals surface area contributed by atoms with E-state index in [9.17, 15) is 0 Å². The van der Waals surface area contributed by atoms with Gasteiger partial charge >= 0.3 is 0 Å². The molecule has 0 spiro atoms. The van der Waals surface area contributed by atoms with E-state index in [4.69, 9.17) is 0 Å². The van der Waals surface area contributed by atoms with E-state index in [1.807, 2.05) is 0 Å². The maximum Gasteiger partial charge on any atom is 0.212 e. The average Bonchev–Trinajstić information content (AvgIpc) is 2.49. The number of hydrogen-bond donors (Lipinski definition) is 0.